The molecule has 0 aromatic rings. The quantitative estimate of drug-likeness (QED) is 0.735. The van der Waals surface area contributed by atoms with Gasteiger partial charge in [-0.15, -0.1) is 0 Å². The van der Waals surface area contributed by atoms with E-state index in [1.165, 1.54) is 0 Å². The topological polar surface area (TPSA) is 90.2 Å². The maximum Gasteiger partial charge on any atom is 0.211 e. The Morgan fingerprint density at radius 2 is 1.90 bits per heavy atom. The lowest BCUT2D eigenvalue weighted by Crippen LogP contribution is -2.46. The summed E-state index contributed by atoms with van der Waals surface area (Å²) in [6.07, 6.45) is 3.69. The van der Waals surface area contributed by atoms with Crippen LogP contribution in [0.4, 0.5) is 0 Å². The summed E-state index contributed by atoms with van der Waals surface area (Å²) in [6, 6.07) is 1.93. The van der Waals surface area contributed by atoms with Crippen LogP contribution in [0.1, 0.15) is 59.3 Å². The molecule has 0 aromatic heterocycles. The summed E-state index contributed by atoms with van der Waals surface area (Å²) in [7, 11) is -3.39. The fourth-order valence-electron chi connectivity index (χ4n) is 2.86. The molecule has 122 valence electrons. The predicted molar refractivity (Wildman–Crippen MR) is 83.0 cm³/mol. The van der Waals surface area contributed by atoms with Crippen molar-refractivity contribution >= 4 is 10.0 Å². The molecule has 0 radical (unpaired) electrons. The first-order valence-electron chi connectivity index (χ1n) is 7.65. The van der Waals surface area contributed by atoms with Gasteiger partial charge in [0.25, 0.3) is 0 Å². The van der Waals surface area contributed by atoms with E-state index < -0.39 is 15.6 Å². The Kier molecular flexibility index (Phi) is 6.21. The molecule has 0 bridgehead atoms. The van der Waals surface area contributed by atoms with Crippen molar-refractivity contribution in [2.24, 2.45) is 11.3 Å². The normalized spacial score (nSPS) is 27.3. The minimum Gasteiger partial charge on any atom is -0.389 e. The lowest BCUT2D eigenvalue weighted by atomic mass is 9.68. The SMILES string of the molecule is CC(C)(C)C1CCC(O)(CNS(=O)(=O)CCCC#N)CC1. The molecule has 0 aromatic carbocycles. The Morgan fingerprint density at radius 3 is 2.38 bits per heavy atom. The molecule has 1 aliphatic carbocycles. The average molecular weight is 316 g/mol. The van der Waals surface area contributed by atoms with Crippen LogP contribution in [0.15, 0.2) is 0 Å². The zero-order valence-corrected chi connectivity index (χ0v) is 14.2. The van der Waals surface area contributed by atoms with E-state index >= 15 is 0 Å². The van der Waals surface area contributed by atoms with Crippen LogP contribution in [0, 0.1) is 22.7 Å². The van der Waals surface area contributed by atoms with E-state index in [9.17, 15) is 13.5 Å². The van der Waals surface area contributed by atoms with Gasteiger partial charge in [-0.2, -0.15) is 5.26 Å². The summed E-state index contributed by atoms with van der Waals surface area (Å²) in [5.74, 6) is 0.520. The fraction of sp³-hybridized carbons (Fsp3) is 0.933. The summed E-state index contributed by atoms with van der Waals surface area (Å²) < 4.78 is 26.1. The molecule has 6 heteroatoms. The van der Waals surface area contributed by atoms with E-state index in [0.29, 0.717) is 25.2 Å². The molecule has 0 amide bonds. The first kappa shape index (κ1) is 18.4. The Bertz CT molecular complexity index is 466. The van der Waals surface area contributed by atoms with Gasteiger partial charge < -0.3 is 5.11 Å². The van der Waals surface area contributed by atoms with E-state index in [0.717, 1.165) is 12.8 Å². The van der Waals surface area contributed by atoms with Crippen molar-refractivity contribution in [1.29, 1.82) is 5.26 Å². The molecular weight excluding hydrogens is 288 g/mol. The second-order valence-electron chi connectivity index (χ2n) is 7.27. The third kappa shape index (κ3) is 6.33. The molecule has 1 aliphatic rings. The molecule has 0 saturated heterocycles. The first-order chi connectivity index (χ1) is 9.58. The summed E-state index contributed by atoms with van der Waals surface area (Å²) in [4.78, 5) is 0. The Morgan fingerprint density at radius 1 is 1.33 bits per heavy atom. The molecule has 21 heavy (non-hydrogen) atoms. The van der Waals surface area contributed by atoms with Crippen LogP contribution in [0.3, 0.4) is 0 Å². The lowest BCUT2D eigenvalue weighted by Gasteiger charge is -2.41. The lowest BCUT2D eigenvalue weighted by molar-refractivity contribution is -0.0201. The molecule has 0 unspecified atom stereocenters. The van der Waals surface area contributed by atoms with Crippen molar-refractivity contribution in [3.63, 3.8) is 0 Å². The number of hydrogen-bond acceptors (Lipinski definition) is 4. The van der Waals surface area contributed by atoms with Crippen LogP contribution in [0.25, 0.3) is 0 Å². The first-order valence-corrected chi connectivity index (χ1v) is 9.30. The minimum atomic E-state index is -3.39. The Labute approximate surface area is 128 Å². The predicted octanol–water partition coefficient (Wildman–Crippen LogP) is 2.18. The number of nitrogens with zero attached hydrogens (tertiary/aromatic N) is 1. The smallest absolute Gasteiger partial charge is 0.211 e. The third-order valence-electron chi connectivity index (χ3n) is 4.46. The van der Waals surface area contributed by atoms with E-state index in [4.69, 9.17) is 5.26 Å². The van der Waals surface area contributed by atoms with Gasteiger partial charge in [0, 0.05) is 13.0 Å². The molecule has 1 fully saturated rings. The maximum absolute atomic E-state index is 11.8. The van der Waals surface area contributed by atoms with Crippen molar-refractivity contribution in [2.45, 2.75) is 64.9 Å². The Hall–Kier alpha value is -0.640. The summed E-state index contributed by atoms with van der Waals surface area (Å²) in [5, 5.41) is 18.9. The zero-order chi connectivity index (χ0) is 16.1. The van der Waals surface area contributed by atoms with Gasteiger partial charge in [-0.1, -0.05) is 20.8 Å². The van der Waals surface area contributed by atoms with E-state index in [2.05, 4.69) is 25.5 Å². The summed E-state index contributed by atoms with van der Waals surface area (Å²) in [5.41, 5.74) is -0.692. The number of sulfonamides is 1. The molecule has 0 spiro atoms. The Balaban J connectivity index is 2.44. The van der Waals surface area contributed by atoms with Crippen molar-refractivity contribution in [3.8, 4) is 6.07 Å². The van der Waals surface area contributed by atoms with Gasteiger partial charge in [-0.25, -0.2) is 13.1 Å². The highest BCUT2D eigenvalue weighted by Gasteiger charge is 2.37. The molecule has 0 aliphatic heterocycles. The molecule has 1 rings (SSSR count). The van der Waals surface area contributed by atoms with Gasteiger partial charge in [0.2, 0.25) is 10.0 Å². The maximum atomic E-state index is 11.8. The van der Waals surface area contributed by atoms with Crippen molar-refractivity contribution in [3.05, 3.63) is 0 Å². The fourth-order valence-corrected chi connectivity index (χ4v) is 4.01. The largest absolute Gasteiger partial charge is 0.389 e. The number of nitrogens with one attached hydrogen (secondary N) is 1. The number of unbranched alkanes of at least 4 members (excludes halogenated alkanes) is 1. The third-order valence-corrected chi connectivity index (χ3v) is 5.87. The van der Waals surface area contributed by atoms with Crippen LogP contribution >= 0.6 is 0 Å². The monoisotopic (exact) mass is 316 g/mol. The number of aliphatic hydroxyl groups is 1. The van der Waals surface area contributed by atoms with Crippen LogP contribution in [0.2, 0.25) is 0 Å². The molecule has 0 atom stereocenters. The number of rotatable bonds is 6. The average Bonchev–Trinajstić information content (AvgIpc) is 2.36. The number of hydrogen-bond donors (Lipinski definition) is 2. The van der Waals surface area contributed by atoms with Crippen molar-refractivity contribution in [1.82, 2.24) is 4.72 Å². The standard InChI is InChI=1S/C15H28N2O3S/c1-14(2,3)13-6-8-15(18,9-7-13)12-17-21(19,20)11-5-4-10-16/h13,17-18H,4-9,11-12H2,1-3H3. The number of nitriles is 1. The molecular formula is C15H28N2O3S. The molecule has 5 nitrogen and oxygen atoms in total. The van der Waals surface area contributed by atoms with Crippen LogP contribution in [-0.4, -0.2) is 31.4 Å². The van der Waals surface area contributed by atoms with Gasteiger partial charge in [0.15, 0.2) is 0 Å². The second-order valence-corrected chi connectivity index (χ2v) is 9.19. The van der Waals surface area contributed by atoms with E-state index in [1.54, 1.807) is 0 Å². The van der Waals surface area contributed by atoms with Crippen LogP contribution in [-0.2, 0) is 10.0 Å². The van der Waals surface area contributed by atoms with Gasteiger partial charge >= 0.3 is 0 Å². The van der Waals surface area contributed by atoms with Gasteiger partial charge in [-0.3, -0.25) is 0 Å². The van der Waals surface area contributed by atoms with Crippen molar-refractivity contribution in [2.75, 3.05) is 12.3 Å². The second kappa shape index (κ2) is 7.08. The highest BCUT2D eigenvalue weighted by atomic mass is 32.2. The minimum absolute atomic E-state index is 0.0543. The van der Waals surface area contributed by atoms with Gasteiger partial charge in [0.1, 0.15) is 0 Å². The van der Waals surface area contributed by atoms with E-state index in [1.807, 2.05) is 6.07 Å². The highest BCUT2D eigenvalue weighted by molar-refractivity contribution is 7.89. The molecule has 1 saturated carbocycles. The van der Waals surface area contributed by atoms with E-state index in [-0.39, 0.29) is 24.1 Å². The van der Waals surface area contributed by atoms with Crippen LogP contribution < -0.4 is 4.72 Å². The van der Waals surface area contributed by atoms with Crippen molar-refractivity contribution < 1.29 is 13.5 Å². The molecule has 0 heterocycles. The zero-order valence-electron chi connectivity index (χ0n) is 13.4. The summed E-state index contributed by atoms with van der Waals surface area (Å²) in [6.45, 7) is 6.71. The van der Waals surface area contributed by atoms with Gasteiger partial charge in [-0.05, 0) is 43.4 Å². The highest BCUT2D eigenvalue weighted by Crippen LogP contribution is 2.41. The van der Waals surface area contributed by atoms with Gasteiger partial charge in [0.05, 0.1) is 17.4 Å². The summed E-state index contributed by atoms with van der Waals surface area (Å²) >= 11 is 0. The molecule has 2 N–H and O–H groups in total. The van der Waals surface area contributed by atoms with Crippen LogP contribution in [0.5, 0.6) is 0 Å².